The summed E-state index contributed by atoms with van der Waals surface area (Å²) in [6.07, 6.45) is -2.09. The van der Waals surface area contributed by atoms with Gasteiger partial charge in [0, 0.05) is 23.8 Å². The van der Waals surface area contributed by atoms with Crippen molar-refractivity contribution in [3.8, 4) is 5.75 Å². The summed E-state index contributed by atoms with van der Waals surface area (Å²) < 4.78 is 84.1. The summed E-state index contributed by atoms with van der Waals surface area (Å²) in [5, 5.41) is 11.5. The van der Waals surface area contributed by atoms with Crippen molar-refractivity contribution in [2.45, 2.75) is 54.6 Å². The van der Waals surface area contributed by atoms with Gasteiger partial charge in [0.1, 0.15) is 11.9 Å². The number of carboxylic acids is 1. The van der Waals surface area contributed by atoms with Gasteiger partial charge in [-0.1, -0.05) is 24.3 Å². The Morgan fingerprint density at radius 2 is 1.75 bits per heavy atom. The summed E-state index contributed by atoms with van der Waals surface area (Å²) in [6.45, 7) is 2.01. The number of ether oxygens (including phenoxy) is 2. The molecule has 17 heteroatoms. The second-order valence-corrected chi connectivity index (χ2v) is 14.5. The average Bonchev–Trinajstić information content (AvgIpc) is 3.90. The number of likely N-dealkylation sites (tertiary alicyclic amines) is 1. The number of aliphatic carboxylic acids is 1. The number of hydrogen-bond donors (Lipinski definition) is 3. The maximum Gasteiger partial charge on any atom is 0.490 e. The molecule has 6 rings (SSSR count). The first-order chi connectivity index (χ1) is 25.1. The first-order valence-corrected chi connectivity index (χ1v) is 18.0. The molecule has 1 aromatic heterocycles. The van der Waals surface area contributed by atoms with E-state index in [9.17, 15) is 35.6 Å². The van der Waals surface area contributed by atoms with Crippen LogP contribution in [0.2, 0.25) is 0 Å². The summed E-state index contributed by atoms with van der Waals surface area (Å²) in [7, 11) is -2.34. The Hall–Kier alpha value is -5.45. The molecule has 2 aliphatic rings. The minimum absolute atomic E-state index is 0.0438. The third-order valence-electron chi connectivity index (χ3n) is 8.88. The molecule has 2 fully saturated rings. The van der Waals surface area contributed by atoms with Crippen molar-refractivity contribution in [2.75, 3.05) is 31.3 Å². The number of carbonyl (C=O) groups is 3. The van der Waals surface area contributed by atoms with Crippen LogP contribution >= 0.6 is 0 Å². The highest BCUT2D eigenvalue weighted by atomic mass is 32.2. The van der Waals surface area contributed by atoms with Crippen molar-refractivity contribution in [3.05, 3.63) is 89.9 Å². The van der Waals surface area contributed by atoms with Crippen molar-refractivity contribution < 1.29 is 54.9 Å². The number of sulfone groups is 1. The van der Waals surface area contributed by atoms with Crippen LogP contribution in [-0.2, 0) is 29.0 Å². The fourth-order valence-electron chi connectivity index (χ4n) is 6.23. The highest BCUT2D eigenvalue weighted by molar-refractivity contribution is 7.92. The number of carbonyl (C=O) groups excluding carboxylic acids is 2. The molecule has 4 aromatic rings. The van der Waals surface area contributed by atoms with E-state index in [-0.39, 0.29) is 30.2 Å². The summed E-state index contributed by atoms with van der Waals surface area (Å²) in [5.41, 5.74) is 7.42. The molecule has 282 valence electrons. The van der Waals surface area contributed by atoms with Gasteiger partial charge in [0.25, 0.3) is 0 Å². The van der Waals surface area contributed by atoms with Gasteiger partial charge in [-0.25, -0.2) is 22.6 Å². The number of esters is 1. The Morgan fingerprint density at radius 3 is 2.40 bits per heavy atom. The zero-order valence-electron chi connectivity index (χ0n) is 28.5. The summed E-state index contributed by atoms with van der Waals surface area (Å²) >= 11 is 0. The van der Waals surface area contributed by atoms with Gasteiger partial charge in [-0.3, -0.25) is 9.59 Å². The number of nitrogens with two attached hydrogens (primary N) is 1. The van der Waals surface area contributed by atoms with E-state index in [0.717, 1.165) is 10.8 Å². The lowest BCUT2D eigenvalue weighted by molar-refractivity contribution is -0.192. The number of halogens is 4. The minimum Gasteiger partial charge on any atom is -0.494 e. The summed E-state index contributed by atoms with van der Waals surface area (Å²) in [4.78, 5) is 42.8. The van der Waals surface area contributed by atoms with Crippen LogP contribution in [0.5, 0.6) is 5.75 Å². The van der Waals surface area contributed by atoms with E-state index < -0.39 is 62.9 Å². The fourth-order valence-corrected chi connectivity index (χ4v) is 8.13. The van der Waals surface area contributed by atoms with Gasteiger partial charge < -0.3 is 30.5 Å². The number of nitrogen functional groups attached to an aromatic ring is 1. The monoisotopic (exact) mass is 760 g/mol. The van der Waals surface area contributed by atoms with E-state index in [1.165, 1.54) is 25.3 Å². The Bertz CT molecular complexity index is 2130. The number of carboxylic acid groups (broad SMARTS) is 1. The number of amides is 1. The standard InChI is InChI=1S/C34H35FN4O6S.C2HF3O2/c1-3-45-34(41)26-15-17-39(31(26)25-6-4-5-7-29(25)46(42,43)23-10-11-23)33(40)30(21-8-13-27(35)28(19-21)44-2)38-22-9-12-24-20(18-22)14-16-37-32(24)36;3-2(4,5)1(6)7/h4-9,12-14,16,18-19,23,26,30-31,38H,3,10-11,15,17H2,1-2H3,(H2,36,37);(H,6,7)/t26-,30+,31-;/m0./s1. The lowest BCUT2D eigenvalue weighted by atomic mass is 9.93. The zero-order valence-corrected chi connectivity index (χ0v) is 29.3. The molecule has 3 atom stereocenters. The van der Waals surface area contributed by atoms with Crippen molar-refractivity contribution in [1.29, 1.82) is 0 Å². The Morgan fingerprint density at radius 1 is 1.06 bits per heavy atom. The SMILES string of the molecule is CCOC(=O)[C@H]1CCN(C(=O)[C@H](Nc2ccc3c(N)nccc3c2)c2ccc(F)c(OC)c2)[C@H]1c1ccccc1S(=O)(=O)C1CC1.O=C(O)C(F)(F)F. The normalized spacial score (nSPS) is 17.7. The van der Waals surface area contributed by atoms with Crippen molar-refractivity contribution in [2.24, 2.45) is 5.92 Å². The molecule has 53 heavy (non-hydrogen) atoms. The van der Waals surface area contributed by atoms with E-state index in [0.29, 0.717) is 35.5 Å². The van der Waals surface area contributed by atoms with Crippen LogP contribution in [0, 0.1) is 11.7 Å². The van der Waals surface area contributed by atoms with Crippen LogP contribution in [0.1, 0.15) is 49.4 Å². The molecule has 12 nitrogen and oxygen atoms in total. The number of alkyl halides is 3. The Labute approximate surface area is 301 Å². The second kappa shape index (κ2) is 15.7. The predicted molar refractivity (Wildman–Crippen MR) is 185 cm³/mol. The van der Waals surface area contributed by atoms with Crippen molar-refractivity contribution in [1.82, 2.24) is 9.88 Å². The van der Waals surface area contributed by atoms with Crippen LogP contribution in [0.25, 0.3) is 10.8 Å². The van der Waals surface area contributed by atoms with Gasteiger partial charge in [0.05, 0.1) is 35.8 Å². The summed E-state index contributed by atoms with van der Waals surface area (Å²) in [6, 6.07) is 15.9. The number of nitrogens with zero attached hydrogens (tertiary/aromatic N) is 2. The molecular weight excluding hydrogens is 724 g/mol. The number of aromatic nitrogens is 1. The van der Waals surface area contributed by atoms with E-state index in [1.807, 2.05) is 6.07 Å². The molecule has 1 aliphatic carbocycles. The third kappa shape index (κ3) is 8.45. The molecule has 1 aliphatic heterocycles. The average molecular weight is 761 g/mol. The topological polar surface area (TPSA) is 178 Å². The molecule has 2 heterocycles. The second-order valence-electron chi connectivity index (χ2n) is 12.3. The molecule has 0 bridgehead atoms. The Kier molecular flexibility index (Phi) is 11.5. The predicted octanol–water partition coefficient (Wildman–Crippen LogP) is 5.84. The molecular formula is C36H36F4N4O8S. The molecule has 1 amide bonds. The number of pyridine rings is 1. The van der Waals surface area contributed by atoms with Crippen molar-refractivity contribution >= 4 is 50.0 Å². The molecule has 4 N–H and O–H groups in total. The van der Waals surface area contributed by atoms with Gasteiger partial charge in [-0.2, -0.15) is 13.2 Å². The number of benzene rings is 3. The number of nitrogens with one attached hydrogen (secondary N) is 1. The fraction of sp³-hybridized carbons (Fsp3) is 0.333. The Balaban J connectivity index is 0.000000705. The van der Waals surface area contributed by atoms with Gasteiger partial charge in [-0.15, -0.1) is 0 Å². The quantitative estimate of drug-likeness (QED) is 0.131. The van der Waals surface area contributed by atoms with Crippen LogP contribution in [-0.4, -0.2) is 72.9 Å². The highest BCUT2D eigenvalue weighted by Gasteiger charge is 2.48. The molecule has 3 aromatic carbocycles. The number of rotatable bonds is 10. The van der Waals surface area contributed by atoms with Crippen LogP contribution in [0.3, 0.4) is 0 Å². The van der Waals surface area contributed by atoms with Crippen LogP contribution in [0.4, 0.5) is 29.1 Å². The smallest absolute Gasteiger partial charge is 0.490 e. The van der Waals surface area contributed by atoms with Crippen molar-refractivity contribution in [3.63, 3.8) is 0 Å². The minimum atomic E-state index is -5.08. The number of anilines is 2. The molecule has 0 spiro atoms. The number of hydrogen-bond acceptors (Lipinski definition) is 10. The van der Waals surface area contributed by atoms with Gasteiger partial charge in [-0.05, 0) is 85.2 Å². The van der Waals surface area contributed by atoms with E-state index in [1.54, 1.807) is 60.5 Å². The van der Waals surface area contributed by atoms with E-state index in [2.05, 4.69) is 10.3 Å². The van der Waals surface area contributed by atoms with Gasteiger partial charge >= 0.3 is 18.1 Å². The first kappa shape index (κ1) is 38.8. The lowest BCUT2D eigenvalue weighted by Crippen LogP contribution is -2.40. The number of fused-ring (bicyclic) bond motifs is 1. The van der Waals surface area contributed by atoms with E-state index in [4.69, 9.17) is 25.1 Å². The van der Waals surface area contributed by atoms with Crippen LogP contribution in [0.15, 0.2) is 77.8 Å². The summed E-state index contributed by atoms with van der Waals surface area (Å²) in [5.74, 6) is -4.76. The maximum atomic E-state index is 14.8. The zero-order chi connectivity index (χ0) is 38.7. The molecule has 0 unspecified atom stereocenters. The molecule has 1 saturated heterocycles. The van der Waals surface area contributed by atoms with Gasteiger partial charge in [0.15, 0.2) is 21.4 Å². The maximum absolute atomic E-state index is 14.8. The highest BCUT2D eigenvalue weighted by Crippen LogP contribution is 2.45. The van der Waals surface area contributed by atoms with Gasteiger partial charge in [0.2, 0.25) is 5.91 Å². The number of methoxy groups -OCH3 is 1. The first-order valence-electron chi connectivity index (χ1n) is 16.4. The largest absolute Gasteiger partial charge is 0.494 e. The van der Waals surface area contributed by atoms with E-state index >= 15 is 0 Å². The lowest BCUT2D eigenvalue weighted by Gasteiger charge is -2.33. The third-order valence-corrected chi connectivity index (χ3v) is 11.2. The van der Waals surface area contributed by atoms with Crippen LogP contribution < -0.4 is 15.8 Å². The molecule has 0 radical (unpaired) electrons. The molecule has 1 saturated carbocycles.